The summed E-state index contributed by atoms with van der Waals surface area (Å²) in [5, 5.41) is 0. The number of hydrogen-bond donors (Lipinski definition) is 1. The van der Waals surface area contributed by atoms with Crippen molar-refractivity contribution in [1.29, 1.82) is 0 Å². The van der Waals surface area contributed by atoms with Gasteiger partial charge in [0.1, 0.15) is 0 Å². The lowest BCUT2D eigenvalue weighted by molar-refractivity contribution is 0.0890. The van der Waals surface area contributed by atoms with E-state index in [-0.39, 0.29) is 17.0 Å². The number of rotatable bonds is 3. The van der Waals surface area contributed by atoms with Crippen molar-refractivity contribution in [2.45, 2.75) is 55.5 Å². The smallest absolute Gasteiger partial charge is 0.240 e. The summed E-state index contributed by atoms with van der Waals surface area (Å²) in [6.45, 7) is 8.66. The number of sulfonamides is 1. The van der Waals surface area contributed by atoms with Crippen molar-refractivity contribution in [3.05, 3.63) is 29.8 Å². The van der Waals surface area contributed by atoms with Gasteiger partial charge in [0.15, 0.2) is 0 Å². The fraction of sp³-hybridized carbons (Fsp3) is 0.647. The molecule has 2 saturated heterocycles. The normalized spacial score (nSPS) is 34.0. The summed E-state index contributed by atoms with van der Waals surface area (Å²) in [4.78, 5) is 2.83. The summed E-state index contributed by atoms with van der Waals surface area (Å²) in [6, 6.07) is 7.45. The summed E-state index contributed by atoms with van der Waals surface area (Å²) in [7, 11) is -3.41. The summed E-state index contributed by atoms with van der Waals surface area (Å²) >= 11 is 0. The molecule has 1 N–H and O–H groups in total. The summed E-state index contributed by atoms with van der Waals surface area (Å²) in [5.74, 6) is 0.532. The summed E-state index contributed by atoms with van der Waals surface area (Å²) in [6.07, 6.45) is 2.28. The van der Waals surface area contributed by atoms with Crippen molar-refractivity contribution in [3.63, 3.8) is 0 Å². The molecule has 3 unspecified atom stereocenters. The molecule has 3 aliphatic rings. The Bertz CT molecular complexity index is 705. The monoisotopic (exact) mass is 320 g/mol. The molecule has 0 radical (unpaired) electrons. The van der Waals surface area contributed by atoms with Crippen LogP contribution in [-0.4, -0.2) is 38.0 Å². The first kappa shape index (κ1) is 14.7. The highest BCUT2D eigenvalue weighted by molar-refractivity contribution is 7.89. The van der Waals surface area contributed by atoms with Gasteiger partial charge in [-0.25, -0.2) is 13.1 Å². The second kappa shape index (κ2) is 4.34. The quantitative estimate of drug-likeness (QED) is 0.928. The van der Waals surface area contributed by atoms with Gasteiger partial charge in [0, 0.05) is 18.1 Å². The van der Waals surface area contributed by atoms with Gasteiger partial charge >= 0.3 is 0 Å². The first-order valence-electron chi connectivity index (χ1n) is 8.13. The highest BCUT2D eigenvalue weighted by atomic mass is 32.2. The molecule has 3 atom stereocenters. The summed E-state index contributed by atoms with van der Waals surface area (Å²) < 4.78 is 28.2. The van der Waals surface area contributed by atoms with Crippen LogP contribution in [0.1, 0.15) is 39.2 Å². The zero-order valence-corrected chi connectivity index (χ0v) is 14.3. The van der Waals surface area contributed by atoms with E-state index in [0.717, 1.165) is 31.5 Å². The molecule has 1 aliphatic carbocycles. The van der Waals surface area contributed by atoms with Crippen LogP contribution in [0.4, 0.5) is 0 Å². The zero-order chi connectivity index (χ0) is 15.8. The van der Waals surface area contributed by atoms with Gasteiger partial charge in [-0.15, -0.1) is 0 Å². The number of nitrogens with zero attached hydrogens (tertiary/aromatic N) is 1. The molecule has 3 fully saturated rings. The zero-order valence-electron chi connectivity index (χ0n) is 13.5. The molecule has 22 heavy (non-hydrogen) atoms. The Labute approximate surface area is 132 Å². The van der Waals surface area contributed by atoms with Crippen LogP contribution in [-0.2, 0) is 15.4 Å². The third-order valence-electron chi connectivity index (χ3n) is 5.87. The van der Waals surface area contributed by atoms with E-state index in [1.54, 1.807) is 12.1 Å². The predicted molar refractivity (Wildman–Crippen MR) is 86.3 cm³/mol. The van der Waals surface area contributed by atoms with Crippen LogP contribution < -0.4 is 4.72 Å². The molecule has 120 valence electrons. The molecule has 0 aromatic heterocycles. The minimum atomic E-state index is -3.41. The minimum Gasteiger partial charge on any atom is -0.296 e. The van der Waals surface area contributed by atoms with Gasteiger partial charge in [0.25, 0.3) is 0 Å². The van der Waals surface area contributed by atoms with E-state index < -0.39 is 10.0 Å². The number of hydrogen-bond acceptors (Lipinski definition) is 3. The highest BCUT2D eigenvalue weighted by Gasteiger charge is 2.75. The molecule has 1 aromatic carbocycles. The fourth-order valence-corrected chi connectivity index (χ4v) is 5.72. The van der Waals surface area contributed by atoms with E-state index in [9.17, 15) is 8.42 Å². The first-order valence-corrected chi connectivity index (χ1v) is 9.61. The van der Waals surface area contributed by atoms with E-state index in [2.05, 4.69) is 30.4 Å². The molecule has 4 nitrogen and oxygen atoms in total. The molecule has 0 amide bonds. The second-order valence-electron chi connectivity index (χ2n) is 8.00. The number of nitrogens with one attached hydrogen (secondary N) is 1. The maximum absolute atomic E-state index is 12.6. The van der Waals surface area contributed by atoms with Gasteiger partial charge in [-0.1, -0.05) is 32.9 Å². The lowest BCUT2D eigenvalue weighted by Crippen LogP contribution is -2.53. The largest absolute Gasteiger partial charge is 0.296 e. The molecule has 5 heteroatoms. The first-order chi connectivity index (χ1) is 10.2. The van der Waals surface area contributed by atoms with Gasteiger partial charge in [-0.05, 0) is 48.4 Å². The highest BCUT2D eigenvalue weighted by Crippen LogP contribution is 2.62. The van der Waals surface area contributed by atoms with Crippen LogP contribution in [0.2, 0.25) is 0 Å². The fourth-order valence-electron chi connectivity index (χ4n) is 4.39. The van der Waals surface area contributed by atoms with Gasteiger partial charge < -0.3 is 0 Å². The predicted octanol–water partition coefficient (Wildman–Crippen LogP) is 2.11. The Kier molecular flexibility index (Phi) is 2.89. The SMILES string of the molecule is CC(C)(C)c1ccc(S(=O)(=O)NC2C3CCN4CCC324)cc1. The molecule has 1 saturated carbocycles. The lowest BCUT2D eigenvalue weighted by Gasteiger charge is -2.40. The van der Waals surface area contributed by atoms with Gasteiger partial charge in [0.2, 0.25) is 10.0 Å². The maximum atomic E-state index is 12.6. The molecular formula is C17H24N2O2S. The molecule has 1 aromatic rings. The Morgan fingerprint density at radius 3 is 2.36 bits per heavy atom. The van der Waals surface area contributed by atoms with Crippen molar-refractivity contribution in [2.24, 2.45) is 5.92 Å². The van der Waals surface area contributed by atoms with Crippen molar-refractivity contribution < 1.29 is 8.42 Å². The Morgan fingerprint density at radius 1 is 1.18 bits per heavy atom. The Morgan fingerprint density at radius 2 is 1.86 bits per heavy atom. The molecule has 2 aliphatic heterocycles. The average Bonchev–Trinajstić information content (AvgIpc) is 2.97. The Balaban J connectivity index is 1.53. The van der Waals surface area contributed by atoms with Crippen molar-refractivity contribution >= 4 is 10.0 Å². The van der Waals surface area contributed by atoms with E-state index in [1.165, 1.54) is 0 Å². The standard InChI is InChI=1S/C17H24N2O2S/c1-16(2,3)12-4-6-13(7-5-12)22(20,21)18-15-14-8-10-19-11-9-17(14,15)19/h4-7,14-15,18H,8-11H2,1-3H3. The van der Waals surface area contributed by atoms with Crippen LogP contribution in [0.15, 0.2) is 29.2 Å². The minimum absolute atomic E-state index is 0.0363. The van der Waals surface area contributed by atoms with Gasteiger partial charge in [-0.3, -0.25) is 4.90 Å². The Hall–Kier alpha value is -0.910. The molecule has 4 rings (SSSR count). The van der Waals surface area contributed by atoms with Gasteiger partial charge in [-0.2, -0.15) is 0 Å². The third kappa shape index (κ3) is 1.92. The van der Waals surface area contributed by atoms with Gasteiger partial charge in [0.05, 0.1) is 4.90 Å². The molecule has 2 heterocycles. The molecule has 0 bridgehead atoms. The van der Waals surface area contributed by atoms with Crippen LogP contribution in [0.3, 0.4) is 0 Å². The molecule has 1 spiro atoms. The van der Waals surface area contributed by atoms with Crippen LogP contribution in [0, 0.1) is 5.92 Å². The van der Waals surface area contributed by atoms with Crippen molar-refractivity contribution in [3.8, 4) is 0 Å². The van der Waals surface area contributed by atoms with E-state index in [1.807, 2.05) is 12.1 Å². The van der Waals surface area contributed by atoms with Crippen LogP contribution >= 0.6 is 0 Å². The second-order valence-corrected chi connectivity index (χ2v) is 9.71. The van der Waals surface area contributed by atoms with Crippen LogP contribution in [0.5, 0.6) is 0 Å². The maximum Gasteiger partial charge on any atom is 0.240 e. The summed E-state index contributed by atoms with van der Waals surface area (Å²) in [5.41, 5.74) is 1.37. The van der Waals surface area contributed by atoms with E-state index >= 15 is 0 Å². The van der Waals surface area contributed by atoms with Crippen LogP contribution in [0.25, 0.3) is 0 Å². The van der Waals surface area contributed by atoms with E-state index in [0.29, 0.717) is 10.8 Å². The average molecular weight is 320 g/mol. The van der Waals surface area contributed by atoms with Crippen molar-refractivity contribution in [2.75, 3.05) is 13.1 Å². The van der Waals surface area contributed by atoms with E-state index in [4.69, 9.17) is 0 Å². The number of piperidine rings is 1. The topological polar surface area (TPSA) is 49.4 Å². The lowest BCUT2D eigenvalue weighted by atomic mass is 9.87. The molecular weight excluding hydrogens is 296 g/mol. The van der Waals surface area contributed by atoms with Crippen molar-refractivity contribution in [1.82, 2.24) is 9.62 Å². The third-order valence-corrected chi connectivity index (χ3v) is 7.32. The number of benzene rings is 1.